The van der Waals surface area contributed by atoms with Gasteiger partial charge in [-0.15, -0.1) is 0 Å². The molecule has 1 aliphatic rings. The summed E-state index contributed by atoms with van der Waals surface area (Å²) in [6.45, 7) is 3.32. The number of pyridine rings is 1. The number of aryl methyl sites for hydroxylation is 2. The number of ether oxygens (including phenoxy) is 1. The summed E-state index contributed by atoms with van der Waals surface area (Å²) in [5, 5.41) is 0. The van der Waals surface area contributed by atoms with Crippen LogP contribution in [0.4, 0.5) is 0 Å². The monoisotopic (exact) mass is 344 g/mol. The number of aromatic nitrogens is 3. The molecule has 0 aliphatic carbocycles. The molecule has 1 aliphatic heterocycles. The van der Waals surface area contributed by atoms with E-state index in [2.05, 4.69) is 9.97 Å². The quantitative estimate of drug-likeness (QED) is 0.842. The molecule has 1 atom stereocenters. The SMILES string of the molecule is Cc1ccc(OC2CCN(C(=O)CCn3ccc(=O)[nH]c3=O)C2)nc1. The maximum absolute atomic E-state index is 12.3. The van der Waals surface area contributed by atoms with Gasteiger partial charge in [0.05, 0.1) is 6.54 Å². The standard InChI is InChI=1S/C17H20N4O4/c1-12-2-3-15(18-10-12)25-13-4-7-21(11-13)16(23)6-9-20-8-5-14(22)19-17(20)24/h2-3,5,8,10,13H,4,6-7,9,11H2,1H3,(H,19,22,24). The normalized spacial score (nSPS) is 16.8. The molecule has 2 aromatic rings. The minimum atomic E-state index is -0.506. The van der Waals surface area contributed by atoms with Crippen LogP contribution in [-0.4, -0.2) is 44.5 Å². The van der Waals surface area contributed by atoms with Gasteiger partial charge in [0.1, 0.15) is 6.10 Å². The number of rotatable bonds is 5. The number of nitrogens with zero attached hydrogens (tertiary/aromatic N) is 3. The third-order valence-corrected chi connectivity index (χ3v) is 4.13. The molecule has 3 heterocycles. The molecule has 1 saturated heterocycles. The zero-order valence-electron chi connectivity index (χ0n) is 14.0. The summed E-state index contributed by atoms with van der Waals surface area (Å²) >= 11 is 0. The summed E-state index contributed by atoms with van der Waals surface area (Å²) in [6.07, 6.45) is 4.01. The number of hydrogen-bond donors (Lipinski definition) is 1. The number of H-pyrrole nitrogens is 1. The number of carbonyl (C=O) groups excluding carboxylic acids is 1. The van der Waals surface area contributed by atoms with Crippen LogP contribution in [0, 0.1) is 6.92 Å². The Morgan fingerprint density at radius 1 is 1.36 bits per heavy atom. The van der Waals surface area contributed by atoms with E-state index in [1.54, 1.807) is 11.1 Å². The Hall–Kier alpha value is -2.90. The lowest BCUT2D eigenvalue weighted by molar-refractivity contribution is -0.130. The smallest absolute Gasteiger partial charge is 0.328 e. The van der Waals surface area contributed by atoms with E-state index < -0.39 is 11.2 Å². The van der Waals surface area contributed by atoms with Gasteiger partial charge in [-0.25, -0.2) is 9.78 Å². The van der Waals surface area contributed by atoms with Crippen LogP contribution in [0.5, 0.6) is 5.88 Å². The lowest BCUT2D eigenvalue weighted by Crippen LogP contribution is -2.34. The molecule has 1 N–H and O–H groups in total. The maximum Gasteiger partial charge on any atom is 0.328 e. The van der Waals surface area contributed by atoms with Crippen LogP contribution in [0.1, 0.15) is 18.4 Å². The van der Waals surface area contributed by atoms with Gasteiger partial charge in [0.2, 0.25) is 11.8 Å². The first-order chi connectivity index (χ1) is 12.0. The van der Waals surface area contributed by atoms with Crippen molar-refractivity contribution in [2.24, 2.45) is 0 Å². The van der Waals surface area contributed by atoms with Gasteiger partial charge in [-0.2, -0.15) is 0 Å². The van der Waals surface area contributed by atoms with Crippen LogP contribution in [0.3, 0.4) is 0 Å². The third-order valence-electron chi connectivity index (χ3n) is 4.13. The first-order valence-corrected chi connectivity index (χ1v) is 8.18. The summed E-state index contributed by atoms with van der Waals surface area (Å²) in [5.41, 5.74) is 0.110. The highest BCUT2D eigenvalue weighted by Gasteiger charge is 2.27. The van der Waals surface area contributed by atoms with E-state index in [0.717, 1.165) is 12.0 Å². The highest BCUT2D eigenvalue weighted by molar-refractivity contribution is 5.76. The minimum absolute atomic E-state index is 0.0407. The van der Waals surface area contributed by atoms with Crippen molar-refractivity contribution in [3.8, 4) is 5.88 Å². The zero-order chi connectivity index (χ0) is 17.8. The summed E-state index contributed by atoms with van der Waals surface area (Å²) < 4.78 is 7.12. The molecule has 132 valence electrons. The molecule has 8 heteroatoms. The second-order valence-electron chi connectivity index (χ2n) is 6.10. The highest BCUT2D eigenvalue weighted by atomic mass is 16.5. The van der Waals surface area contributed by atoms with E-state index in [-0.39, 0.29) is 25.0 Å². The number of nitrogens with one attached hydrogen (secondary N) is 1. The summed E-state index contributed by atoms with van der Waals surface area (Å²) in [6, 6.07) is 5.02. The fourth-order valence-corrected chi connectivity index (χ4v) is 2.74. The second kappa shape index (κ2) is 7.33. The molecule has 25 heavy (non-hydrogen) atoms. The molecule has 8 nitrogen and oxygen atoms in total. The molecule has 3 rings (SSSR count). The minimum Gasteiger partial charge on any atom is -0.472 e. The van der Waals surface area contributed by atoms with Crippen molar-refractivity contribution in [3.05, 3.63) is 57.0 Å². The van der Waals surface area contributed by atoms with Crippen molar-refractivity contribution in [2.45, 2.75) is 32.4 Å². The Morgan fingerprint density at radius 3 is 2.92 bits per heavy atom. The van der Waals surface area contributed by atoms with E-state index in [1.807, 2.05) is 19.1 Å². The number of likely N-dealkylation sites (tertiary alicyclic amines) is 1. The van der Waals surface area contributed by atoms with Crippen molar-refractivity contribution in [1.29, 1.82) is 0 Å². The van der Waals surface area contributed by atoms with Gasteiger partial charge in [0, 0.05) is 50.5 Å². The number of carbonyl (C=O) groups is 1. The van der Waals surface area contributed by atoms with Crippen molar-refractivity contribution < 1.29 is 9.53 Å². The van der Waals surface area contributed by atoms with Crippen molar-refractivity contribution >= 4 is 5.91 Å². The first-order valence-electron chi connectivity index (χ1n) is 8.18. The number of aromatic amines is 1. The van der Waals surface area contributed by atoms with Gasteiger partial charge < -0.3 is 14.2 Å². The Bertz CT molecular complexity index is 856. The van der Waals surface area contributed by atoms with Crippen LogP contribution in [0.25, 0.3) is 0 Å². The Balaban J connectivity index is 1.51. The molecule has 0 saturated carbocycles. The lowest BCUT2D eigenvalue weighted by Gasteiger charge is -2.17. The summed E-state index contributed by atoms with van der Waals surface area (Å²) in [5.74, 6) is 0.519. The summed E-state index contributed by atoms with van der Waals surface area (Å²) in [4.78, 5) is 43.1. The molecule has 0 radical (unpaired) electrons. The fraction of sp³-hybridized carbons (Fsp3) is 0.412. The van der Waals surface area contributed by atoms with Crippen LogP contribution >= 0.6 is 0 Å². The maximum atomic E-state index is 12.3. The van der Waals surface area contributed by atoms with Gasteiger partial charge >= 0.3 is 5.69 Å². The van der Waals surface area contributed by atoms with Crippen molar-refractivity contribution in [3.63, 3.8) is 0 Å². The lowest BCUT2D eigenvalue weighted by atomic mass is 10.3. The van der Waals surface area contributed by atoms with E-state index in [9.17, 15) is 14.4 Å². The van der Waals surface area contributed by atoms with Crippen LogP contribution < -0.4 is 16.0 Å². The topological polar surface area (TPSA) is 97.3 Å². The van der Waals surface area contributed by atoms with Crippen molar-refractivity contribution in [1.82, 2.24) is 19.4 Å². The van der Waals surface area contributed by atoms with Gasteiger partial charge in [0.25, 0.3) is 5.56 Å². The first kappa shape index (κ1) is 16.9. The van der Waals surface area contributed by atoms with E-state index >= 15 is 0 Å². The third kappa shape index (κ3) is 4.34. The predicted molar refractivity (Wildman–Crippen MR) is 90.5 cm³/mol. The van der Waals surface area contributed by atoms with Gasteiger partial charge in [-0.1, -0.05) is 6.07 Å². The number of hydrogen-bond acceptors (Lipinski definition) is 5. The zero-order valence-corrected chi connectivity index (χ0v) is 14.0. The largest absolute Gasteiger partial charge is 0.472 e. The van der Waals surface area contributed by atoms with Crippen LogP contribution in [0.15, 0.2) is 40.2 Å². The molecule has 2 aromatic heterocycles. The van der Waals surface area contributed by atoms with Crippen LogP contribution in [0.2, 0.25) is 0 Å². The van der Waals surface area contributed by atoms with Crippen molar-refractivity contribution in [2.75, 3.05) is 13.1 Å². The average Bonchev–Trinajstić information content (AvgIpc) is 3.04. The van der Waals surface area contributed by atoms with Gasteiger partial charge in [-0.05, 0) is 12.5 Å². The second-order valence-corrected chi connectivity index (χ2v) is 6.10. The molecule has 1 amide bonds. The molecule has 1 fully saturated rings. The molecule has 0 aromatic carbocycles. The summed E-state index contributed by atoms with van der Waals surface area (Å²) in [7, 11) is 0. The molecule has 0 spiro atoms. The predicted octanol–water partition coefficient (Wildman–Crippen LogP) is 0.310. The molecular formula is C17H20N4O4. The molecule has 1 unspecified atom stereocenters. The highest BCUT2D eigenvalue weighted by Crippen LogP contribution is 2.17. The Kier molecular flexibility index (Phi) is 4.97. The number of amides is 1. The average molecular weight is 344 g/mol. The van der Waals surface area contributed by atoms with E-state index in [4.69, 9.17) is 4.74 Å². The van der Waals surface area contributed by atoms with Crippen LogP contribution in [-0.2, 0) is 11.3 Å². The Morgan fingerprint density at radius 2 is 2.20 bits per heavy atom. The molecule has 0 bridgehead atoms. The fourth-order valence-electron chi connectivity index (χ4n) is 2.74. The van der Waals surface area contributed by atoms with Gasteiger partial charge in [-0.3, -0.25) is 14.6 Å². The Labute approximate surface area is 144 Å². The molecular weight excluding hydrogens is 324 g/mol. The van der Waals surface area contributed by atoms with E-state index in [0.29, 0.717) is 19.0 Å². The van der Waals surface area contributed by atoms with E-state index in [1.165, 1.54) is 16.8 Å². The van der Waals surface area contributed by atoms with Gasteiger partial charge in [0.15, 0.2) is 0 Å².